The summed E-state index contributed by atoms with van der Waals surface area (Å²) in [5.74, 6) is 0. The molecule has 108 valence electrons. The van der Waals surface area contributed by atoms with Crippen LogP contribution in [0.15, 0.2) is 0 Å². The van der Waals surface area contributed by atoms with E-state index in [4.69, 9.17) is 14.2 Å². The first kappa shape index (κ1) is 15.9. The van der Waals surface area contributed by atoms with E-state index in [-0.39, 0.29) is 5.41 Å². The fourth-order valence-corrected chi connectivity index (χ4v) is 2.42. The fraction of sp³-hybridized carbons (Fsp3) is 1.00. The zero-order chi connectivity index (χ0) is 13.1. The molecule has 4 heteroatoms. The Bertz CT molecular complexity index is 193. The molecule has 1 unspecified atom stereocenters. The van der Waals surface area contributed by atoms with E-state index in [1.807, 2.05) is 0 Å². The van der Waals surface area contributed by atoms with Gasteiger partial charge in [0, 0.05) is 45.5 Å². The van der Waals surface area contributed by atoms with Crippen LogP contribution in [0.5, 0.6) is 0 Å². The summed E-state index contributed by atoms with van der Waals surface area (Å²) >= 11 is 0. The molecule has 18 heavy (non-hydrogen) atoms. The third-order valence-electron chi connectivity index (χ3n) is 3.57. The number of rotatable bonds is 10. The maximum absolute atomic E-state index is 5.68. The lowest BCUT2D eigenvalue weighted by molar-refractivity contribution is -0.0278. The lowest BCUT2D eigenvalue weighted by Crippen LogP contribution is -2.42. The van der Waals surface area contributed by atoms with Crippen LogP contribution >= 0.6 is 0 Å². The summed E-state index contributed by atoms with van der Waals surface area (Å²) in [5.41, 5.74) is 0.287. The molecule has 0 spiro atoms. The molecule has 0 amide bonds. The van der Waals surface area contributed by atoms with Crippen molar-refractivity contribution in [3.8, 4) is 0 Å². The van der Waals surface area contributed by atoms with Crippen molar-refractivity contribution in [2.75, 3.05) is 53.2 Å². The highest BCUT2D eigenvalue weighted by molar-refractivity contribution is 4.83. The van der Waals surface area contributed by atoms with Gasteiger partial charge in [-0.3, -0.25) is 0 Å². The van der Waals surface area contributed by atoms with Crippen LogP contribution in [0, 0.1) is 5.41 Å². The maximum Gasteiger partial charge on any atom is 0.0535 e. The molecule has 1 aliphatic rings. The van der Waals surface area contributed by atoms with Crippen molar-refractivity contribution in [3.63, 3.8) is 0 Å². The molecule has 1 aliphatic heterocycles. The zero-order valence-corrected chi connectivity index (χ0v) is 12.0. The second kappa shape index (κ2) is 9.73. The van der Waals surface area contributed by atoms with Crippen molar-refractivity contribution < 1.29 is 14.2 Å². The van der Waals surface area contributed by atoms with Crippen LogP contribution in [-0.4, -0.2) is 53.2 Å². The highest BCUT2D eigenvalue weighted by Crippen LogP contribution is 2.31. The molecule has 0 aromatic heterocycles. The highest BCUT2D eigenvalue weighted by Gasteiger charge is 2.32. The van der Waals surface area contributed by atoms with Crippen LogP contribution in [0.1, 0.15) is 32.6 Å². The third-order valence-corrected chi connectivity index (χ3v) is 3.57. The Morgan fingerprint density at radius 1 is 1.28 bits per heavy atom. The van der Waals surface area contributed by atoms with Crippen LogP contribution in [-0.2, 0) is 14.2 Å². The minimum atomic E-state index is 0.287. The molecule has 4 nitrogen and oxygen atoms in total. The SMILES string of the molecule is CCNCC1(CCOCCCOC)CCCOC1. The van der Waals surface area contributed by atoms with Gasteiger partial charge in [-0.25, -0.2) is 0 Å². The Labute approximate surface area is 111 Å². The van der Waals surface area contributed by atoms with Crippen LogP contribution in [0.2, 0.25) is 0 Å². The van der Waals surface area contributed by atoms with Crippen LogP contribution in [0.4, 0.5) is 0 Å². The van der Waals surface area contributed by atoms with Gasteiger partial charge in [-0.2, -0.15) is 0 Å². The van der Waals surface area contributed by atoms with Crippen molar-refractivity contribution in [1.29, 1.82) is 0 Å². The molecule has 1 rings (SSSR count). The lowest BCUT2D eigenvalue weighted by atomic mass is 9.79. The van der Waals surface area contributed by atoms with E-state index in [0.717, 1.165) is 59.0 Å². The number of hydrogen-bond acceptors (Lipinski definition) is 4. The van der Waals surface area contributed by atoms with Gasteiger partial charge in [0.15, 0.2) is 0 Å². The van der Waals surface area contributed by atoms with Gasteiger partial charge < -0.3 is 19.5 Å². The van der Waals surface area contributed by atoms with Crippen molar-refractivity contribution in [1.82, 2.24) is 5.32 Å². The van der Waals surface area contributed by atoms with Crippen molar-refractivity contribution >= 4 is 0 Å². The average Bonchev–Trinajstić information content (AvgIpc) is 2.42. The predicted molar refractivity (Wildman–Crippen MR) is 73.0 cm³/mol. The molecule has 0 radical (unpaired) electrons. The molecule has 1 atom stereocenters. The van der Waals surface area contributed by atoms with E-state index in [9.17, 15) is 0 Å². The standard InChI is InChI=1S/C14H29NO3/c1-3-15-12-14(6-4-9-18-13-14)7-11-17-10-5-8-16-2/h15H,3-13H2,1-2H3. The van der Waals surface area contributed by atoms with E-state index in [0.29, 0.717) is 0 Å². The monoisotopic (exact) mass is 259 g/mol. The Hall–Kier alpha value is -0.160. The number of nitrogens with one attached hydrogen (secondary N) is 1. The molecule has 0 saturated carbocycles. The Balaban J connectivity index is 2.19. The van der Waals surface area contributed by atoms with E-state index >= 15 is 0 Å². The maximum atomic E-state index is 5.68. The molecule has 0 aromatic rings. The van der Waals surface area contributed by atoms with Gasteiger partial charge >= 0.3 is 0 Å². The first-order valence-corrected chi connectivity index (χ1v) is 7.18. The second-order valence-electron chi connectivity index (χ2n) is 5.15. The molecular formula is C14H29NO3. The number of methoxy groups -OCH3 is 1. The van der Waals surface area contributed by atoms with Crippen molar-refractivity contribution in [2.24, 2.45) is 5.41 Å². The smallest absolute Gasteiger partial charge is 0.0535 e. The van der Waals surface area contributed by atoms with Gasteiger partial charge in [0.1, 0.15) is 0 Å². The summed E-state index contributed by atoms with van der Waals surface area (Å²) in [6, 6.07) is 0. The number of hydrogen-bond donors (Lipinski definition) is 1. The first-order valence-electron chi connectivity index (χ1n) is 7.18. The van der Waals surface area contributed by atoms with E-state index < -0.39 is 0 Å². The van der Waals surface area contributed by atoms with Gasteiger partial charge in [-0.1, -0.05) is 6.92 Å². The molecule has 0 aromatic carbocycles. The third kappa shape index (κ3) is 6.14. The molecular weight excluding hydrogens is 230 g/mol. The van der Waals surface area contributed by atoms with Gasteiger partial charge in [0.25, 0.3) is 0 Å². The summed E-state index contributed by atoms with van der Waals surface area (Å²) in [5, 5.41) is 3.46. The van der Waals surface area contributed by atoms with Crippen molar-refractivity contribution in [2.45, 2.75) is 32.6 Å². The Kier molecular flexibility index (Phi) is 8.59. The van der Waals surface area contributed by atoms with E-state index in [1.165, 1.54) is 12.8 Å². The Morgan fingerprint density at radius 3 is 2.83 bits per heavy atom. The van der Waals surface area contributed by atoms with Crippen LogP contribution < -0.4 is 5.32 Å². The highest BCUT2D eigenvalue weighted by atomic mass is 16.5. The quantitative estimate of drug-likeness (QED) is 0.608. The zero-order valence-electron chi connectivity index (χ0n) is 12.0. The average molecular weight is 259 g/mol. The van der Waals surface area contributed by atoms with E-state index in [2.05, 4.69) is 12.2 Å². The van der Waals surface area contributed by atoms with Crippen LogP contribution in [0.25, 0.3) is 0 Å². The Morgan fingerprint density at radius 2 is 2.17 bits per heavy atom. The number of ether oxygens (including phenoxy) is 3. The predicted octanol–water partition coefficient (Wildman–Crippen LogP) is 1.84. The van der Waals surface area contributed by atoms with E-state index in [1.54, 1.807) is 7.11 Å². The van der Waals surface area contributed by atoms with Gasteiger partial charge in [-0.15, -0.1) is 0 Å². The van der Waals surface area contributed by atoms with Gasteiger partial charge in [0.2, 0.25) is 0 Å². The lowest BCUT2D eigenvalue weighted by Gasteiger charge is -2.37. The molecule has 1 N–H and O–H groups in total. The summed E-state index contributed by atoms with van der Waals surface area (Å²) in [4.78, 5) is 0. The second-order valence-corrected chi connectivity index (χ2v) is 5.15. The molecule has 1 fully saturated rings. The molecule has 0 aliphatic carbocycles. The molecule has 0 bridgehead atoms. The van der Waals surface area contributed by atoms with Gasteiger partial charge in [0.05, 0.1) is 6.61 Å². The minimum Gasteiger partial charge on any atom is -0.385 e. The summed E-state index contributed by atoms with van der Waals surface area (Å²) < 4.78 is 16.3. The summed E-state index contributed by atoms with van der Waals surface area (Å²) in [6.07, 6.45) is 4.50. The molecule has 1 heterocycles. The van der Waals surface area contributed by atoms with Crippen LogP contribution in [0.3, 0.4) is 0 Å². The first-order chi connectivity index (χ1) is 8.83. The van der Waals surface area contributed by atoms with Gasteiger partial charge in [-0.05, 0) is 32.2 Å². The fourth-order valence-electron chi connectivity index (χ4n) is 2.42. The largest absolute Gasteiger partial charge is 0.385 e. The van der Waals surface area contributed by atoms with Crippen molar-refractivity contribution in [3.05, 3.63) is 0 Å². The summed E-state index contributed by atoms with van der Waals surface area (Å²) in [6.45, 7) is 8.43. The summed E-state index contributed by atoms with van der Waals surface area (Å²) in [7, 11) is 1.73. The normalized spacial score (nSPS) is 24.3. The minimum absolute atomic E-state index is 0.287. The molecule has 1 saturated heterocycles. The topological polar surface area (TPSA) is 39.7 Å².